The summed E-state index contributed by atoms with van der Waals surface area (Å²) >= 11 is 12.3. The van der Waals surface area contributed by atoms with Crippen LogP contribution in [0, 0.1) is 0 Å². The molecule has 0 aliphatic carbocycles. The minimum Gasteiger partial charge on any atom is -0.326 e. The molecule has 1 saturated heterocycles. The van der Waals surface area contributed by atoms with Gasteiger partial charge in [0.05, 0.1) is 6.04 Å². The maximum absolute atomic E-state index is 6.27. The molecule has 1 heterocycles. The van der Waals surface area contributed by atoms with E-state index in [-0.39, 0.29) is 12.1 Å². The standard InChI is InChI=1S/C13H18Cl2N2/c1-8(2)17-6-5-12(16)13(17)10-7-9(14)3-4-11(10)15/h3-4,7-8,12-13H,5-6,16H2,1-2H3. The molecule has 2 atom stereocenters. The Morgan fingerprint density at radius 2 is 2.06 bits per heavy atom. The first-order chi connectivity index (χ1) is 8.00. The monoisotopic (exact) mass is 272 g/mol. The molecule has 0 radical (unpaired) electrons. The molecule has 2 N–H and O–H groups in total. The Labute approximate surface area is 113 Å². The highest BCUT2D eigenvalue weighted by molar-refractivity contribution is 6.33. The van der Waals surface area contributed by atoms with Crippen LogP contribution in [-0.4, -0.2) is 23.5 Å². The van der Waals surface area contributed by atoms with Gasteiger partial charge in [-0.2, -0.15) is 0 Å². The van der Waals surface area contributed by atoms with Gasteiger partial charge < -0.3 is 5.73 Å². The summed E-state index contributed by atoms with van der Waals surface area (Å²) in [5.74, 6) is 0. The fourth-order valence-corrected chi connectivity index (χ4v) is 2.98. The van der Waals surface area contributed by atoms with E-state index in [1.165, 1.54) is 0 Å². The molecule has 2 nitrogen and oxygen atoms in total. The molecule has 17 heavy (non-hydrogen) atoms. The second-order valence-corrected chi connectivity index (χ2v) is 5.74. The molecule has 1 aliphatic heterocycles. The van der Waals surface area contributed by atoms with Crippen LogP contribution in [0.5, 0.6) is 0 Å². The number of likely N-dealkylation sites (tertiary alicyclic amines) is 1. The van der Waals surface area contributed by atoms with Crippen molar-refractivity contribution >= 4 is 23.2 Å². The maximum atomic E-state index is 6.27. The Balaban J connectivity index is 2.39. The molecule has 1 fully saturated rings. The van der Waals surface area contributed by atoms with Gasteiger partial charge >= 0.3 is 0 Å². The van der Waals surface area contributed by atoms with E-state index in [1.807, 2.05) is 18.2 Å². The summed E-state index contributed by atoms with van der Waals surface area (Å²) < 4.78 is 0. The van der Waals surface area contributed by atoms with Gasteiger partial charge in [0.2, 0.25) is 0 Å². The number of hydrogen-bond acceptors (Lipinski definition) is 2. The molecule has 2 rings (SSSR count). The van der Waals surface area contributed by atoms with Gasteiger partial charge in [0.25, 0.3) is 0 Å². The first-order valence-corrected chi connectivity index (χ1v) is 6.72. The second kappa shape index (κ2) is 5.15. The topological polar surface area (TPSA) is 29.3 Å². The van der Waals surface area contributed by atoms with Crippen LogP contribution in [0.2, 0.25) is 10.0 Å². The second-order valence-electron chi connectivity index (χ2n) is 4.89. The third-order valence-corrected chi connectivity index (χ3v) is 4.00. The fraction of sp³-hybridized carbons (Fsp3) is 0.538. The summed E-state index contributed by atoms with van der Waals surface area (Å²) in [7, 11) is 0. The summed E-state index contributed by atoms with van der Waals surface area (Å²) in [6.45, 7) is 5.39. The van der Waals surface area contributed by atoms with E-state index in [1.54, 1.807) is 0 Å². The molecule has 0 aromatic heterocycles. The Morgan fingerprint density at radius 3 is 2.71 bits per heavy atom. The Bertz CT molecular complexity index is 406. The Kier molecular flexibility index (Phi) is 3.99. The number of benzene rings is 1. The average molecular weight is 273 g/mol. The number of nitrogens with two attached hydrogens (primary N) is 1. The highest BCUT2D eigenvalue weighted by Crippen LogP contribution is 2.37. The van der Waals surface area contributed by atoms with E-state index in [2.05, 4.69) is 18.7 Å². The lowest BCUT2D eigenvalue weighted by atomic mass is 10.00. The fourth-order valence-electron chi connectivity index (χ4n) is 2.57. The first kappa shape index (κ1) is 13.2. The van der Waals surface area contributed by atoms with Gasteiger partial charge in [0.15, 0.2) is 0 Å². The van der Waals surface area contributed by atoms with Crippen molar-refractivity contribution in [2.75, 3.05) is 6.54 Å². The first-order valence-electron chi connectivity index (χ1n) is 5.97. The minimum atomic E-state index is 0.133. The van der Waals surface area contributed by atoms with Crippen LogP contribution < -0.4 is 5.73 Å². The minimum absolute atomic E-state index is 0.133. The maximum Gasteiger partial charge on any atom is 0.0517 e. The number of hydrogen-bond donors (Lipinski definition) is 1. The van der Waals surface area contributed by atoms with Gasteiger partial charge in [-0.05, 0) is 44.0 Å². The van der Waals surface area contributed by atoms with Crippen molar-refractivity contribution in [3.05, 3.63) is 33.8 Å². The van der Waals surface area contributed by atoms with Crippen molar-refractivity contribution in [1.29, 1.82) is 0 Å². The van der Waals surface area contributed by atoms with E-state index in [9.17, 15) is 0 Å². The summed E-state index contributed by atoms with van der Waals surface area (Å²) in [4.78, 5) is 2.39. The van der Waals surface area contributed by atoms with Crippen molar-refractivity contribution in [3.63, 3.8) is 0 Å². The molecule has 0 bridgehead atoms. The highest BCUT2D eigenvalue weighted by Gasteiger charge is 2.35. The summed E-state index contributed by atoms with van der Waals surface area (Å²) in [6, 6.07) is 6.38. The van der Waals surface area contributed by atoms with Crippen LogP contribution in [0.4, 0.5) is 0 Å². The van der Waals surface area contributed by atoms with Gasteiger partial charge in [-0.3, -0.25) is 4.90 Å². The van der Waals surface area contributed by atoms with Crippen molar-refractivity contribution in [2.24, 2.45) is 5.73 Å². The van der Waals surface area contributed by atoms with Crippen LogP contribution in [0.15, 0.2) is 18.2 Å². The zero-order valence-corrected chi connectivity index (χ0v) is 11.7. The van der Waals surface area contributed by atoms with Gasteiger partial charge in [0.1, 0.15) is 0 Å². The third kappa shape index (κ3) is 2.60. The van der Waals surface area contributed by atoms with Crippen LogP contribution in [0.25, 0.3) is 0 Å². The predicted octanol–water partition coefficient (Wildman–Crippen LogP) is 3.48. The van der Waals surface area contributed by atoms with Gasteiger partial charge in [0, 0.05) is 28.7 Å². The van der Waals surface area contributed by atoms with E-state index in [0.717, 1.165) is 23.6 Å². The summed E-state index contributed by atoms with van der Waals surface area (Å²) in [5, 5.41) is 1.47. The van der Waals surface area contributed by atoms with Crippen molar-refractivity contribution in [2.45, 2.75) is 38.4 Å². The molecule has 0 amide bonds. The molecule has 2 unspecified atom stereocenters. The van der Waals surface area contributed by atoms with Crippen LogP contribution in [-0.2, 0) is 0 Å². The lowest BCUT2D eigenvalue weighted by molar-refractivity contribution is 0.198. The summed E-state index contributed by atoms with van der Waals surface area (Å²) in [5.41, 5.74) is 7.27. The average Bonchev–Trinajstić information content (AvgIpc) is 2.64. The smallest absolute Gasteiger partial charge is 0.0517 e. The lowest BCUT2D eigenvalue weighted by Gasteiger charge is -2.31. The lowest BCUT2D eigenvalue weighted by Crippen LogP contribution is -2.36. The van der Waals surface area contributed by atoms with Gasteiger partial charge in [-0.15, -0.1) is 0 Å². The van der Waals surface area contributed by atoms with Crippen LogP contribution >= 0.6 is 23.2 Å². The molecule has 0 spiro atoms. The van der Waals surface area contributed by atoms with Crippen LogP contribution in [0.3, 0.4) is 0 Å². The van der Waals surface area contributed by atoms with Gasteiger partial charge in [-0.25, -0.2) is 0 Å². The van der Waals surface area contributed by atoms with Crippen LogP contribution in [0.1, 0.15) is 31.9 Å². The molecule has 4 heteroatoms. The highest BCUT2D eigenvalue weighted by atomic mass is 35.5. The van der Waals surface area contributed by atoms with E-state index >= 15 is 0 Å². The number of rotatable bonds is 2. The normalized spacial score (nSPS) is 25.8. The van der Waals surface area contributed by atoms with Crippen molar-refractivity contribution < 1.29 is 0 Å². The Morgan fingerprint density at radius 1 is 1.35 bits per heavy atom. The molecular weight excluding hydrogens is 255 g/mol. The zero-order valence-electron chi connectivity index (χ0n) is 10.2. The van der Waals surface area contributed by atoms with E-state index in [4.69, 9.17) is 28.9 Å². The molecule has 1 aromatic carbocycles. The van der Waals surface area contributed by atoms with E-state index in [0.29, 0.717) is 11.1 Å². The molecule has 94 valence electrons. The van der Waals surface area contributed by atoms with Gasteiger partial charge in [-0.1, -0.05) is 23.2 Å². The third-order valence-electron chi connectivity index (χ3n) is 3.42. The largest absolute Gasteiger partial charge is 0.326 e. The summed E-state index contributed by atoms with van der Waals surface area (Å²) in [6.07, 6.45) is 1.01. The van der Waals surface area contributed by atoms with E-state index < -0.39 is 0 Å². The molecule has 0 saturated carbocycles. The molecule has 1 aliphatic rings. The zero-order chi connectivity index (χ0) is 12.6. The molecular formula is C13H18Cl2N2. The predicted molar refractivity (Wildman–Crippen MR) is 73.6 cm³/mol. The quantitative estimate of drug-likeness (QED) is 0.893. The van der Waals surface area contributed by atoms with Crippen molar-refractivity contribution in [1.82, 2.24) is 4.90 Å². The molecule has 1 aromatic rings. The number of nitrogens with zero attached hydrogens (tertiary/aromatic N) is 1. The SMILES string of the molecule is CC(C)N1CCC(N)C1c1cc(Cl)ccc1Cl. The van der Waals surface area contributed by atoms with Crippen molar-refractivity contribution in [3.8, 4) is 0 Å². The Hall–Kier alpha value is -0.280. The number of halogens is 2.